The zero-order valence-corrected chi connectivity index (χ0v) is 13.5. The third-order valence-electron chi connectivity index (χ3n) is 3.06. The molecule has 0 aliphatic rings. The number of carbonyl (C=O) groups is 1. The molecule has 21 heavy (non-hydrogen) atoms. The van der Waals surface area contributed by atoms with Gasteiger partial charge in [-0.2, -0.15) is 0 Å². The van der Waals surface area contributed by atoms with Crippen LogP contribution in [0.2, 0.25) is 0 Å². The first-order valence-electron chi connectivity index (χ1n) is 6.48. The van der Waals surface area contributed by atoms with Crippen molar-refractivity contribution in [3.05, 3.63) is 46.0 Å². The summed E-state index contributed by atoms with van der Waals surface area (Å²) in [6.07, 6.45) is 0.697. The quantitative estimate of drug-likeness (QED) is 0.853. The first-order chi connectivity index (χ1) is 10.0. The van der Waals surface area contributed by atoms with Gasteiger partial charge >= 0.3 is 0 Å². The molecule has 2 aromatic rings. The largest absolute Gasteiger partial charge is 0.389 e. The van der Waals surface area contributed by atoms with Crippen molar-refractivity contribution < 1.29 is 4.79 Å². The zero-order valence-electron chi connectivity index (χ0n) is 11.9. The summed E-state index contributed by atoms with van der Waals surface area (Å²) in [5.41, 5.74) is 8.15. The molecule has 1 amide bonds. The second kappa shape index (κ2) is 6.73. The van der Waals surface area contributed by atoms with Crippen molar-refractivity contribution in [2.75, 3.05) is 7.05 Å². The van der Waals surface area contributed by atoms with Gasteiger partial charge in [-0.15, -0.1) is 5.10 Å². The number of nitrogens with zero attached hydrogens (tertiary/aromatic N) is 3. The Bertz CT molecular complexity index is 668. The van der Waals surface area contributed by atoms with Crippen molar-refractivity contribution in [2.24, 2.45) is 5.73 Å². The maximum absolute atomic E-state index is 12.4. The number of hydrogen-bond donors (Lipinski definition) is 1. The Kier molecular flexibility index (Phi) is 4.98. The lowest BCUT2D eigenvalue weighted by Gasteiger charge is -2.17. The molecule has 0 bridgehead atoms. The maximum Gasteiger partial charge on any atom is 0.267 e. The normalized spacial score (nSPS) is 10.4. The number of nitrogens with two attached hydrogens (primary N) is 1. The Morgan fingerprint density at radius 1 is 1.48 bits per heavy atom. The predicted octanol–water partition coefficient (Wildman–Crippen LogP) is 2.01. The number of thiocarbonyl (C=S) groups is 1. The summed E-state index contributed by atoms with van der Waals surface area (Å²) in [7, 11) is 1.76. The fourth-order valence-electron chi connectivity index (χ4n) is 1.94. The monoisotopic (exact) mass is 320 g/mol. The van der Waals surface area contributed by atoms with Gasteiger partial charge in [-0.05, 0) is 29.6 Å². The van der Waals surface area contributed by atoms with E-state index in [-0.39, 0.29) is 5.91 Å². The van der Waals surface area contributed by atoms with Gasteiger partial charge in [0.1, 0.15) is 9.87 Å². The minimum absolute atomic E-state index is 0.0671. The van der Waals surface area contributed by atoms with Crippen LogP contribution in [0.4, 0.5) is 0 Å². The molecule has 2 rings (SSSR count). The number of aryl methyl sites for hydroxylation is 1. The second-order valence-corrected chi connectivity index (χ2v) is 5.82. The molecule has 0 saturated carbocycles. The van der Waals surface area contributed by atoms with E-state index in [9.17, 15) is 4.79 Å². The lowest BCUT2D eigenvalue weighted by molar-refractivity contribution is 0.0788. The summed E-state index contributed by atoms with van der Waals surface area (Å²) >= 11 is 6.10. The number of rotatable bonds is 5. The number of benzene rings is 1. The molecule has 0 aliphatic heterocycles. The molecule has 7 heteroatoms. The first kappa shape index (κ1) is 15.5. The van der Waals surface area contributed by atoms with E-state index in [1.807, 2.05) is 31.2 Å². The van der Waals surface area contributed by atoms with Crippen LogP contribution in [-0.2, 0) is 13.0 Å². The second-order valence-electron chi connectivity index (χ2n) is 4.63. The van der Waals surface area contributed by atoms with E-state index in [2.05, 4.69) is 9.59 Å². The van der Waals surface area contributed by atoms with Crippen LogP contribution in [0.5, 0.6) is 0 Å². The maximum atomic E-state index is 12.4. The number of hydrogen-bond acceptors (Lipinski definition) is 5. The summed E-state index contributed by atoms with van der Waals surface area (Å²) in [6, 6.07) is 7.58. The Balaban J connectivity index is 2.14. The molecule has 0 atom stereocenters. The summed E-state index contributed by atoms with van der Waals surface area (Å²) in [6.45, 7) is 2.44. The zero-order chi connectivity index (χ0) is 15.4. The molecular weight excluding hydrogens is 304 g/mol. The van der Waals surface area contributed by atoms with Gasteiger partial charge in [-0.1, -0.05) is 41.8 Å². The topological polar surface area (TPSA) is 72.1 Å². The molecule has 1 aromatic carbocycles. The minimum Gasteiger partial charge on any atom is -0.389 e. The van der Waals surface area contributed by atoms with Gasteiger partial charge < -0.3 is 10.6 Å². The van der Waals surface area contributed by atoms with Gasteiger partial charge in [0.05, 0.1) is 5.69 Å². The van der Waals surface area contributed by atoms with Gasteiger partial charge in [-0.25, -0.2) is 0 Å². The first-order valence-corrected chi connectivity index (χ1v) is 7.66. The van der Waals surface area contributed by atoms with Gasteiger partial charge in [0.25, 0.3) is 5.91 Å². The van der Waals surface area contributed by atoms with E-state index in [4.69, 9.17) is 18.0 Å². The molecule has 1 heterocycles. The van der Waals surface area contributed by atoms with Crippen LogP contribution >= 0.6 is 23.8 Å². The number of amides is 1. The molecular formula is C14H16N4OS2. The Hall–Kier alpha value is -1.86. The molecule has 0 radical (unpaired) electrons. The van der Waals surface area contributed by atoms with Crippen molar-refractivity contribution in [1.82, 2.24) is 14.5 Å². The smallest absolute Gasteiger partial charge is 0.267 e. The number of carbonyl (C=O) groups excluding carboxylic acids is 1. The molecule has 0 unspecified atom stereocenters. The van der Waals surface area contributed by atoms with Crippen molar-refractivity contribution in [3.8, 4) is 0 Å². The van der Waals surface area contributed by atoms with E-state index >= 15 is 0 Å². The van der Waals surface area contributed by atoms with Crippen LogP contribution in [0.15, 0.2) is 24.3 Å². The molecule has 2 N–H and O–H groups in total. The van der Waals surface area contributed by atoms with Crippen molar-refractivity contribution in [2.45, 2.75) is 19.9 Å². The average Bonchev–Trinajstić information content (AvgIpc) is 2.95. The summed E-state index contributed by atoms with van der Waals surface area (Å²) in [5, 5.41) is 3.97. The van der Waals surface area contributed by atoms with Gasteiger partial charge in [0.2, 0.25) is 0 Å². The van der Waals surface area contributed by atoms with E-state index in [0.29, 0.717) is 22.8 Å². The summed E-state index contributed by atoms with van der Waals surface area (Å²) in [5.74, 6) is -0.0671. The van der Waals surface area contributed by atoms with E-state index in [1.165, 1.54) is 0 Å². The van der Waals surface area contributed by atoms with Crippen LogP contribution in [0.1, 0.15) is 33.4 Å². The number of aromatic nitrogens is 2. The summed E-state index contributed by atoms with van der Waals surface area (Å²) in [4.78, 5) is 15.0. The van der Waals surface area contributed by atoms with E-state index in [1.54, 1.807) is 11.9 Å². The van der Waals surface area contributed by atoms with Crippen LogP contribution in [0, 0.1) is 0 Å². The van der Waals surface area contributed by atoms with Gasteiger partial charge in [0.15, 0.2) is 0 Å². The Labute approximate surface area is 132 Å². The average molecular weight is 320 g/mol. The highest BCUT2D eigenvalue weighted by Gasteiger charge is 2.19. The van der Waals surface area contributed by atoms with Crippen LogP contribution < -0.4 is 5.73 Å². The Morgan fingerprint density at radius 3 is 2.90 bits per heavy atom. The predicted molar refractivity (Wildman–Crippen MR) is 87.4 cm³/mol. The molecule has 5 nitrogen and oxygen atoms in total. The third-order valence-corrected chi connectivity index (χ3v) is 4.05. The fourth-order valence-corrected chi connectivity index (χ4v) is 2.82. The van der Waals surface area contributed by atoms with Crippen LogP contribution in [0.3, 0.4) is 0 Å². The third kappa shape index (κ3) is 3.62. The van der Waals surface area contributed by atoms with Crippen molar-refractivity contribution in [3.63, 3.8) is 0 Å². The fraction of sp³-hybridized carbons (Fsp3) is 0.286. The molecule has 1 aromatic heterocycles. The highest BCUT2D eigenvalue weighted by Crippen LogP contribution is 2.16. The Morgan fingerprint density at radius 2 is 2.24 bits per heavy atom. The van der Waals surface area contributed by atoms with E-state index < -0.39 is 0 Å². The molecule has 110 valence electrons. The highest BCUT2D eigenvalue weighted by molar-refractivity contribution is 7.80. The lowest BCUT2D eigenvalue weighted by Crippen LogP contribution is -2.26. The van der Waals surface area contributed by atoms with Crippen LogP contribution in [-0.4, -0.2) is 32.4 Å². The van der Waals surface area contributed by atoms with Gasteiger partial charge in [0, 0.05) is 19.2 Å². The van der Waals surface area contributed by atoms with Crippen molar-refractivity contribution >= 4 is 34.6 Å². The highest BCUT2D eigenvalue weighted by atomic mass is 32.1. The summed E-state index contributed by atoms with van der Waals surface area (Å²) < 4.78 is 3.85. The SMILES string of the molecule is CCc1nnsc1C(=O)N(C)Cc1cccc(C(N)=S)c1. The van der Waals surface area contributed by atoms with E-state index in [0.717, 1.165) is 28.4 Å². The van der Waals surface area contributed by atoms with Crippen LogP contribution in [0.25, 0.3) is 0 Å². The molecule has 0 aliphatic carbocycles. The molecule has 0 saturated heterocycles. The lowest BCUT2D eigenvalue weighted by atomic mass is 10.1. The van der Waals surface area contributed by atoms with Gasteiger partial charge in [-0.3, -0.25) is 4.79 Å². The standard InChI is InChI=1S/C14H16N4OS2/c1-3-11-12(21-17-16-11)14(19)18(2)8-9-5-4-6-10(7-9)13(15)20/h4-7H,3,8H2,1-2H3,(H2,15,20). The molecule has 0 fully saturated rings. The minimum atomic E-state index is -0.0671. The molecule has 0 spiro atoms. The van der Waals surface area contributed by atoms with Crippen molar-refractivity contribution in [1.29, 1.82) is 0 Å².